The van der Waals surface area contributed by atoms with Crippen molar-refractivity contribution >= 4 is 23.2 Å². The molecule has 1 unspecified atom stereocenters. The first-order valence-electron chi connectivity index (χ1n) is 4.64. The zero-order valence-corrected chi connectivity index (χ0v) is 10.0. The standard InChI is InChI=1S/C11H15Cl2N/c1-9(7-12)14(2)8-10-4-3-5-11(13)6-10/h3-6,9H,7-8H2,1-2H3. The van der Waals surface area contributed by atoms with Gasteiger partial charge in [0.2, 0.25) is 0 Å². The van der Waals surface area contributed by atoms with E-state index in [4.69, 9.17) is 23.2 Å². The molecule has 0 amide bonds. The second-order valence-electron chi connectivity index (χ2n) is 3.55. The van der Waals surface area contributed by atoms with Crippen LogP contribution in [-0.4, -0.2) is 23.9 Å². The minimum atomic E-state index is 0.385. The van der Waals surface area contributed by atoms with Gasteiger partial charge in [-0.2, -0.15) is 0 Å². The van der Waals surface area contributed by atoms with Crippen LogP contribution >= 0.6 is 23.2 Å². The molecule has 14 heavy (non-hydrogen) atoms. The van der Waals surface area contributed by atoms with Crippen LogP contribution in [0.1, 0.15) is 12.5 Å². The summed E-state index contributed by atoms with van der Waals surface area (Å²) in [4.78, 5) is 2.21. The van der Waals surface area contributed by atoms with Crippen LogP contribution in [0.4, 0.5) is 0 Å². The first-order valence-corrected chi connectivity index (χ1v) is 5.55. The molecule has 0 radical (unpaired) electrons. The van der Waals surface area contributed by atoms with E-state index in [1.807, 2.05) is 18.2 Å². The first kappa shape index (κ1) is 11.8. The molecule has 0 fully saturated rings. The molecule has 0 N–H and O–H groups in total. The molecule has 0 saturated carbocycles. The third-order valence-corrected chi connectivity index (χ3v) is 2.98. The zero-order chi connectivity index (χ0) is 10.6. The van der Waals surface area contributed by atoms with Gasteiger partial charge in [0.1, 0.15) is 0 Å². The number of hydrogen-bond donors (Lipinski definition) is 0. The molecule has 1 aromatic rings. The summed E-state index contributed by atoms with van der Waals surface area (Å²) in [6.07, 6.45) is 0. The number of benzene rings is 1. The van der Waals surface area contributed by atoms with Crippen molar-refractivity contribution in [2.75, 3.05) is 12.9 Å². The molecule has 3 heteroatoms. The van der Waals surface area contributed by atoms with Crippen molar-refractivity contribution < 1.29 is 0 Å². The van der Waals surface area contributed by atoms with Crippen molar-refractivity contribution in [3.05, 3.63) is 34.9 Å². The molecule has 0 aliphatic rings. The van der Waals surface area contributed by atoms with Crippen molar-refractivity contribution in [2.45, 2.75) is 19.5 Å². The van der Waals surface area contributed by atoms with E-state index in [9.17, 15) is 0 Å². The number of halogens is 2. The lowest BCUT2D eigenvalue weighted by Crippen LogP contribution is -2.29. The predicted octanol–water partition coefficient (Wildman–Crippen LogP) is 3.40. The molecule has 0 aliphatic carbocycles. The maximum atomic E-state index is 5.90. The van der Waals surface area contributed by atoms with Gasteiger partial charge >= 0.3 is 0 Å². The minimum absolute atomic E-state index is 0.385. The van der Waals surface area contributed by atoms with Crippen LogP contribution in [0, 0.1) is 0 Å². The summed E-state index contributed by atoms with van der Waals surface area (Å²) in [5, 5.41) is 0.787. The molecule has 78 valence electrons. The minimum Gasteiger partial charge on any atom is -0.298 e. The Kier molecular flexibility index (Phi) is 4.73. The fourth-order valence-corrected chi connectivity index (χ4v) is 1.65. The lowest BCUT2D eigenvalue weighted by molar-refractivity contribution is 0.268. The first-order chi connectivity index (χ1) is 6.63. The van der Waals surface area contributed by atoms with Gasteiger partial charge in [0.15, 0.2) is 0 Å². The summed E-state index contributed by atoms with van der Waals surface area (Å²) in [5.74, 6) is 0.650. The Bertz CT molecular complexity index is 288. The average molecular weight is 232 g/mol. The number of rotatable bonds is 4. The van der Waals surface area contributed by atoms with Gasteiger partial charge in [-0.05, 0) is 31.7 Å². The van der Waals surface area contributed by atoms with E-state index in [-0.39, 0.29) is 0 Å². The van der Waals surface area contributed by atoms with Crippen LogP contribution in [-0.2, 0) is 6.54 Å². The number of hydrogen-bond acceptors (Lipinski definition) is 1. The van der Waals surface area contributed by atoms with Gasteiger partial charge in [-0.1, -0.05) is 23.7 Å². The summed E-state index contributed by atoms with van der Waals surface area (Å²) >= 11 is 11.7. The molecule has 0 spiro atoms. The van der Waals surface area contributed by atoms with Crippen LogP contribution in [0.15, 0.2) is 24.3 Å². The number of alkyl halides is 1. The Morgan fingerprint density at radius 2 is 2.14 bits per heavy atom. The molecular formula is C11H15Cl2N. The number of nitrogens with zero attached hydrogens (tertiary/aromatic N) is 1. The van der Waals surface area contributed by atoms with Crippen LogP contribution in [0.5, 0.6) is 0 Å². The predicted molar refractivity (Wildman–Crippen MR) is 63.1 cm³/mol. The van der Waals surface area contributed by atoms with Crippen LogP contribution in [0.3, 0.4) is 0 Å². The summed E-state index contributed by atoms with van der Waals surface area (Å²) in [6, 6.07) is 8.30. The highest BCUT2D eigenvalue weighted by Crippen LogP contribution is 2.13. The average Bonchev–Trinajstić information content (AvgIpc) is 2.16. The molecule has 1 atom stereocenters. The maximum absolute atomic E-state index is 5.90. The molecule has 0 saturated heterocycles. The maximum Gasteiger partial charge on any atom is 0.0409 e. The topological polar surface area (TPSA) is 3.24 Å². The lowest BCUT2D eigenvalue weighted by Gasteiger charge is -2.22. The summed E-state index contributed by atoms with van der Waals surface area (Å²) in [5.41, 5.74) is 1.22. The van der Waals surface area contributed by atoms with Gasteiger partial charge in [-0.25, -0.2) is 0 Å². The van der Waals surface area contributed by atoms with E-state index in [0.29, 0.717) is 11.9 Å². The molecule has 0 aromatic heterocycles. The van der Waals surface area contributed by atoms with Crippen molar-refractivity contribution in [3.63, 3.8) is 0 Å². The van der Waals surface area contributed by atoms with E-state index in [1.54, 1.807) is 0 Å². The zero-order valence-electron chi connectivity index (χ0n) is 8.50. The van der Waals surface area contributed by atoms with Gasteiger partial charge in [-0.3, -0.25) is 4.90 Å². The summed E-state index contributed by atoms with van der Waals surface area (Å²) in [6.45, 7) is 2.99. The van der Waals surface area contributed by atoms with Gasteiger partial charge in [0, 0.05) is 23.5 Å². The summed E-state index contributed by atoms with van der Waals surface area (Å²) < 4.78 is 0. The monoisotopic (exact) mass is 231 g/mol. The van der Waals surface area contributed by atoms with Crippen LogP contribution in [0.25, 0.3) is 0 Å². The normalized spacial score (nSPS) is 13.2. The Morgan fingerprint density at radius 1 is 1.43 bits per heavy atom. The van der Waals surface area contributed by atoms with Gasteiger partial charge in [0.05, 0.1) is 0 Å². The SMILES string of the molecule is CC(CCl)N(C)Cc1cccc(Cl)c1. The molecule has 0 heterocycles. The van der Waals surface area contributed by atoms with E-state index >= 15 is 0 Å². The fourth-order valence-electron chi connectivity index (χ4n) is 1.20. The Morgan fingerprint density at radius 3 is 2.71 bits per heavy atom. The van der Waals surface area contributed by atoms with Gasteiger partial charge < -0.3 is 0 Å². The molecule has 0 aliphatic heterocycles. The lowest BCUT2D eigenvalue weighted by atomic mass is 10.2. The Labute approximate surface area is 95.6 Å². The molecular weight excluding hydrogens is 217 g/mol. The third-order valence-electron chi connectivity index (χ3n) is 2.30. The Hall–Kier alpha value is -0.240. The van der Waals surface area contributed by atoms with Gasteiger partial charge in [0.25, 0.3) is 0 Å². The van der Waals surface area contributed by atoms with E-state index in [2.05, 4.69) is 24.9 Å². The largest absolute Gasteiger partial charge is 0.298 e. The molecule has 1 nitrogen and oxygen atoms in total. The second kappa shape index (κ2) is 5.59. The van der Waals surface area contributed by atoms with E-state index < -0.39 is 0 Å². The smallest absolute Gasteiger partial charge is 0.0409 e. The van der Waals surface area contributed by atoms with Crippen molar-refractivity contribution in [1.29, 1.82) is 0 Å². The van der Waals surface area contributed by atoms with E-state index in [0.717, 1.165) is 11.6 Å². The molecule has 1 aromatic carbocycles. The highest BCUT2D eigenvalue weighted by atomic mass is 35.5. The van der Waals surface area contributed by atoms with Crippen molar-refractivity contribution in [3.8, 4) is 0 Å². The highest BCUT2D eigenvalue weighted by molar-refractivity contribution is 6.30. The molecule has 1 rings (SSSR count). The summed E-state index contributed by atoms with van der Waals surface area (Å²) in [7, 11) is 2.06. The van der Waals surface area contributed by atoms with Crippen molar-refractivity contribution in [2.24, 2.45) is 0 Å². The third kappa shape index (κ3) is 3.49. The van der Waals surface area contributed by atoms with Crippen molar-refractivity contribution in [1.82, 2.24) is 4.90 Å². The van der Waals surface area contributed by atoms with E-state index in [1.165, 1.54) is 5.56 Å². The van der Waals surface area contributed by atoms with Crippen LogP contribution < -0.4 is 0 Å². The highest BCUT2D eigenvalue weighted by Gasteiger charge is 2.07. The second-order valence-corrected chi connectivity index (χ2v) is 4.29. The Balaban J connectivity index is 2.60. The quantitative estimate of drug-likeness (QED) is 0.719. The molecule has 0 bridgehead atoms. The van der Waals surface area contributed by atoms with Crippen LogP contribution in [0.2, 0.25) is 5.02 Å². The fraction of sp³-hybridized carbons (Fsp3) is 0.455. The van der Waals surface area contributed by atoms with Gasteiger partial charge in [-0.15, -0.1) is 11.6 Å².